The molecule has 0 bridgehead atoms. The Kier molecular flexibility index (Phi) is 6.85. The summed E-state index contributed by atoms with van der Waals surface area (Å²) in [5, 5.41) is 12.2. The van der Waals surface area contributed by atoms with Crippen molar-refractivity contribution in [3.8, 4) is 6.07 Å². The van der Waals surface area contributed by atoms with Crippen LogP contribution in [0.4, 0.5) is 0 Å². The van der Waals surface area contributed by atoms with Crippen LogP contribution in [-0.4, -0.2) is 43.3 Å². The Bertz CT molecular complexity index is 470. The number of morpholine rings is 1. The van der Waals surface area contributed by atoms with Gasteiger partial charge in [0.1, 0.15) is 0 Å². The molecule has 0 radical (unpaired) electrons. The summed E-state index contributed by atoms with van der Waals surface area (Å²) >= 11 is 0. The van der Waals surface area contributed by atoms with Crippen molar-refractivity contribution in [2.75, 3.05) is 26.2 Å². The van der Waals surface area contributed by atoms with E-state index in [9.17, 15) is 0 Å². The van der Waals surface area contributed by atoms with E-state index >= 15 is 0 Å². The molecule has 2 atom stereocenters. The van der Waals surface area contributed by atoms with Crippen LogP contribution in [0.15, 0.2) is 24.3 Å². The van der Waals surface area contributed by atoms with E-state index in [4.69, 9.17) is 10.00 Å². The van der Waals surface area contributed by atoms with Gasteiger partial charge in [-0.1, -0.05) is 12.1 Å². The zero-order chi connectivity index (χ0) is 15.8. The van der Waals surface area contributed by atoms with E-state index in [-0.39, 0.29) is 0 Å². The number of hydrogen-bond acceptors (Lipinski definition) is 4. The highest BCUT2D eigenvalue weighted by atomic mass is 16.5. The summed E-state index contributed by atoms with van der Waals surface area (Å²) in [4.78, 5) is 2.51. The van der Waals surface area contributed by atoms with Crippen molar-refractivity contribution >= 4 is 0 Å². The van der Waals surface area contributed by atoms with Crippen molar-refractivity contribution in [1.29, 1.82) is 5.26 Å². The highest BCUT2D eigenvalue weighted by Crippen LogP contribution is 2.11. The first kappa shape index (κ1) is 17.0. The molecule has 1 aliphatic heterocycles. The molecule has 1 aliphatic rings. The molecule has 1 saturated heterocycles. The predicted molar refractivity (Wildman–Crippen MR) is 88.5 cm³/mol. The van der Waals surface area contributed by atoms with Crippen LogP contribution < -0.4 is 5.32 Å². The lowest BCUT2D eigenvalue weighted by Crippen LogP contribution is -2.45. The fraction of sp³-hybridized carbons (Fsp3) is 0.611. The van der Waals surface area contributed by atoms with Crippen molar-refractivity contribution in [2.45, 2.75) is 45.4 Å². The Hall–Kier alpha value is -1.41. The zero-order valence-electron chi connectivity index (χ0n) is 13.7. The minimum atomic E-state index is 0.359. The maximum Gasteiger partial charge on any atom is 0.0991 e. The van der Waals surface area contributed by atoms with E-state index in [0.717, 1.165) is 38.3 Å². The largest absolute Gasteiger partial charge is 0.373 e. The fourth-order valence-electron chi connectivity index (χ4n) is 2.98. The molecule has 4 heteroatoms. The first-order chi connectivity index (χ1) is 10.7. The molecule has 0 aliphatic carbocycles. The van der Waals surface area contributed by atoms with Crippen molar-refractivity contribution in [2.24, 2.45) is 0 Å². The van der Waals surface area contributed by atoms with E-state index in [1.54, 1.807) is 0 Å². The van der Waals surface area contributed by atoms with Crippen LogP contribution in [0.25, 0.3) is 0 Å². The summed E-state index contributed by atoms with van der Waals surface area (Å²) in [5.41, 5.74) is 1.95. The van der Waals surface area contributed by atoms with Gasteiger partial charge in [0.15, 0.2) is 0 Å². The van der Waals surface area contributed by atoms with Crippen molar-refractivity contribution in [3.05, 3.63) is 35.4 Å². The van der Waals surface area contributed by atoms with Crippen molar-refractivity contribution in [3.63, 3.8) is 0 Å². The van der Waals surface area contributed by atoms with Gasteiger partial charge < -0.3 is 10.1 Å². The predicted octanol–water partition coefficient (Wildman–Crippen LogP) is 2.54. The Morgan fingerprint density at radius 3 is 2.50 bits per heavy atom. The molecule has 1 aromatic rings. The van der Waals surface area contributed by atoms with Crippen LogP contribution >= 0.6 is 0 Å². The van der Waals surface area contributed by atoms with Gasteiger partial charge in [-0.15, -0.1) is 0 Å². The Morgan fingerprint density at radius 1 is 1.18 bits per heavy atom. The molecule has 2 unspecified atom stereocenters. The van der Waals surface area contributed by atoms with Gasteiger partial charge in [-0.2, -0.15) is 5.26 Å². The van der Waals surface area contributed by atoms with E-state index < -0.39 is 0 Å². The number of nitrogens with one attached hydrogen (secondary N) is 1. The maximum absolute atomic E-state index is 8.76. The summed E-state index contributed by atoms with van der Waals surface area (Å²) < 4.78 is 5.75. The first-order valence-corrected chi connectivity index (χ1v) is 8.25. The van der Waals surface area contributed by atoms with E-state index in [0.29, 0.717) is 12.2 Å². The molecular formula is C18H27N3O. The normalized spacial score (nSPS) is 22.4. The molecule has 1 heterocycles. The summed E-state index contributed by atoms with van der Waals surface area (Å²) in [5.74, 6) is 0. The van der Waals surface area contributed by atoms with Gasteiger partial charge in [0, 0.05) is 19.6 Å². The van der Waals surface area contributed by atoms with Crippen LogP contribution in [0.5, 0.6) is 0 Å². The van der Waals surface area contributed by atoms with Crippen molar-refractivity contribution < 1.29 is 4.74 Å². The third-order valence-electron chi connectivity index (χ3n) is 3.99. The molecule has 0 spiro atoms. The van der Waals surface area contributed by atoms with E-state index in [2.05, 4.69) is 30.1 Å². The molecule has 2 rings (SSSR count). The van der Waals surface area contributed by atoms with E-state index in [1.807, 2.05) is 24.3 Å². The lowest BCUT2D eigenvalue weighted by atomic mass is 10.1. The Balaban J connectivity index is 1.54. The standard InChI is InChI=1S/C18H27N3O/c1-15-13-21(14-16(2)22-15)10-4-3-9-20-12-18-7-5-17(11-19)6-8-18/h5-8,15-16,20H,3-4,9-10,12-14H2,1-2H3. The molecule has 120 valence electrons. The summed E-state index contributed by atoms with van der Waals surface area (Å²) in [6.07, 6.45) is 3.13. The highest BCUT2D eigenvalue weighted by Gasteiger charge is 2.21. The lowest BCUT2D eigenvalue weighted by molar-refractivity contribution is -0.0681. The van der Waals surface area contributed by atoms with Gasteiger partial charge >= 0.3 is 0 Å². The maximum atomic E-state index is 8.76. The quantitative estimate of drug-likeness (QED) is 0.786. The number of benzene rings is 1. The molecule has 0 saturated carbocycles. The molecule has 0 aromatic heterocycles. The van der Waals surface area contributed by atoms with Crippen LogP contribution in [0.1, 0.15) is 37.8 Å². The number of unbranched alkanes of at least 4 members (excludes halogenated alkanes) is 1. The second-order valence-corrected chi connectivity index (χ2v) is 6.21. The molecule has 1 aromatic carbocycles. The van der Waals surface area contributed by atoms with Crippen LogP contribution in [0, 0.1) is 11.3 Å². The molecule has 4 nitrogen and oxygen atoms in total. The molecule has 0 amide bonds. The van der Waals surface area contributed by atoms with Gasteiger partial charge in [-0.3, -0.25) is 4.90 Å². The third-order valence-corrected chi connectivity index (χ3v) is 3.99. The number of rotatable bonds is 7. The number of ether oxygens (including phenoxy) is 1. The van der Waals surface area contributed by atoms with E-state index in [1.165, 1.54) is 18.4 Å². The number of hydrogen-bond donors (Lipinski definition) is 1. The van der Waals surface area contributed by atoms with Gasteiger partial charge in [0.2, 0.25) is 0 Å². The summed E-state index contributed by atoms with van der Waals surface area (Å²) in [7, 11) is 0. The minimum absolute atomic E-state index is 0.359. The SMILES string of the molecule is CC1CN(CCCCNCc2ccc(C#N)cc2)CC(C)O1. The highest BCUT2D eigenvalue weighted by molar-refractivity contribution is 5.31. The first-order valence-electron chi connectivity index (χ1n) is 8.25. The summed E-state index contributed by atoms with van der Waals surface area (Å²) in [6, 6.07) is 9.92. The molecular weight excluding hydrogens is 274 g/mol. The molecule has 22 heavy (non-hydrogen) atoms. The van der Waals surface area contributed by atoms with Crippen LogP contribution in [-0.2, 0) is 11.3 Å². The van der Waals surface area contributed by atoms with Gasteiger partial charge in [-0.25, -0.2) is 0 Å². The lowest BCUT2D eigenvalue weighted by Gasteiger charge is -2.35. The van der Waals surface area contributed by atoms with Gasteiger partial charge in [0.05, 0.1) is 23.8 Å². The second-order valence-electron chi connectivity index (χ2n) is 6.21. The number of nitrogens with zero attached hydrogens (tertiary/aromatic N) is 2. The van der Waals surface area contributed by atoms with Crippen LogP contribution in [0.3, 0.4) is 0 Å². The number of nitriles is 1. The Morgan fingerprint density at radius 2 is 1.86 bits per heavy atom. The van der Waals surface area contributed by atoms with Crippen molar-refractivity contribution in [1.82, 2.24) is 10.2 Å². The average molecular weight is 301 g/mol. The monoisotopic (exact) mass is 301 g/mol. The minimum Gasteiger partial charge on any atom is -0.373 e. The topological polar surface area (TPSA) is 48.3 Å². The zero-order valence-corrected chi connectivity index (χ0v) is 13.7. The second kappa shape index (κ2) is 8.89. The summed E-state index contributed by atoms with van der Waals surface area (Å²) in [6.45, 7) is 9.50. The Labute approximate surface area is 134 Å². The smallest absolute Gasteiger partial charge is 0.0991 e. The fourth-order valence-corrected chi connectivity index (χ4v) is 2.98. The molecule has 1 fully saturated rings. The molecule has 1 N–H and O–H groups in total. The van der Waals surface area contributed by atoms with Gasteiger partial charge in [0.25, 0.3) is 0 Å². The van der Waals surface area contributed by atoms with Crippen LogP contribution in [0.2, 0.25) is 0 Å². The third kappa shape index (κ3) is 5.76. The average Bonchev–Trinajstić information content (AvgIpc) is 2.50. The van der Waals surface area contributed by atoms with Gasteiger partial charge in [-0.05, 0) is 57.5 Å².